The lowest BCUT2D eigenvalue weighted by Gasteiger charge is -2.34. The van der Waals surface area contributed by atoms with Gasteiger partial charge in [-0.25, -0.2) is 14.4 Å². The van der Waals surface area contributed by atoms with E-state index in [0.29, 0.717) is 59.2 Å². The molecule has 3 aliphatic heterocycles. The summed E-state index contributed by atoms with van der Waals surface area (Å²) in [7, 11) is 1.57. The number of ketones is 1. The standard InChI is InChI=1S/C34H36FN5O3/c1-42-20-43-24-14-21-6-2-3-7-25(21)26(15-24)30-29(35)31-27(17-36-30)33(39-18-22-8-9-23(19-39)32(22)41)38-28(37-31)16-34-10-4-12-40(34)13-5-11-34/h2-3,6-7,14-15,17,22-23H,4-5,8-13,16,18-20H2,1H3/t22-,23+. The average molecular weight is 582 g/mol. The van der Waals surface area contributed by atoms with Crippen molar-refractivity contribution in [3.63, 3.8) is 0 Å². The summed E-state index contributed by atoms with van der Waals surface area (Å²) < 4.78 is 27.8. The first kappa shape index (κ1) is 26.9. The van der Waals surface area contributed by atoms with Gasteiger partial charge in [-0.2, -0.15) is 0 Å². The highest BCUT2D eigenvalue weighted by molar-refractivity contribution is 6.00. The van der Waals surface area contributed by atoms with E-state index in [1.165, 1.54) is 12.8 Å². The number of benzene rings is 2. The normalized spacial score (nSPS) is 23.0. The maximum absolute atomic E-state index is 16.9. The molecule has 9 heteroatoms. The summed E-state index contributed by atoms with van der Waals surface area (Å²) in [5.74, 6) is 1.92. The van der Waals surface area contributed by atoms with Crippen LogP contribution >= 0.6 is 0 Å². The van der Waals surface area contributed by atoms with Crippen LogP contribution in [0.5, 0.6) is 5.75 Å². The third-order valence-electron chi connectivity index (χ3n) is 10.3. The van der Waals surface area contributed by atoms with Gasteiger partial charge in [-0.15, -0.1) is 0 Å². The zero-order valence-corrected chi connectivity index (χ0v) is 24.5. The van der Waals surface area contributed by atoms with Crippen molar-refractivity contribution in [2.75, 3.05) is 45.0 Å². The van der Waals surface area contributed by atoms with Crippen LogP contribution in [0.15, 0.2) is 42.6 Å². The number of hydrogen-bond acceptors (Lipinski definition) is 8. The molecule has 0 spiro atoms. The predicted molar refractivity (Wildman–Crippen MR) is 163 cm³/mol. The fraction of sp³-hybridized carbons (Fsp3) is 0.471. The van der Waals surface area contributed by atoms with Crippen molar-refractivity contribution in [2.45, 2.75) is 50.5 Å². The molecular formula is C34H36FN5O3. The summed E-state index contributed by atoms with van der Waals surface area (Å²) in [5.41, 5.74) is 1.22. The largest absolute Gasteiger partial charge is 0.468 e. The van der Waals surface area contributed by atoms with Gasteiger partial charge in [-0.05, 0) is 74.5 Å². The maximum atomic E-state index is 16.9. The van der Waals surface area contributed by atoms with E-state index in [1.807, 2.05) is 36.4 Å². The molecule has 43 heavy (non-hydrogen) atoms. The number of hydrogen-bond donors (Lipinski definition) is 0. The second kappa shape index (κ2) is 10.5. The minimum atomic E-state index is -0.459. The number of carbonyl (C=O) groups is 1. The van der Waals surface area contributed by atoms with E-state index in [0.717, 1.165) is 49.5 Å². The van der Waals surface area contributed by atoms with Crippen LogP contribution in [0.25, 0.3) is 32.9 Å². The zero-order valence-electron chi connectivity index (χ0n) is 24.5. The number of methoxy groups -OCH3 is 1. The van der Waals surface area contributed by atoms with E-state index in [1.54, 1.807) is 13.3 Å². The Balaban J connectivity index is 1.29. The summed E-state index contributed by atoms with van der Waals surface area (Å²) in [6, 6.07) is 11.6. The molecule has 3 saturated heterocycles. The molecule has 4 aromatic rings. The molecule has 2 atom stereocenters. The van der Waals surface area contributed by atoms with E-state index >= 15 is 4.39 Å². The zero-order chi connectivity index (χ0) is 29.1. The Morgan fingerprint density at radius 2 is 1.79 bits per heavy atom. The highest BCUT2D eigenvalue weighted by Crippen LogP contribution is 2.43. The second-order valence-electron chi connectivity index (χ2n) is 12.8. The predicted octanol–water partition coefficient (Wildman–Crippen LogP) is 5.55. The van der Waals surface area contributed by atoms with Crippen LogP contribution in [0.2, 0.25) is 0 Å². The van der Waals surface area contributed by atoms with Crippen LogP contribution in [-0.2, 0) is 16.0 Å². The molecule has 5 heterocycles. The van der Waals surface area contributed by atoms with Crippen LogP contribution in [0.1, 0.15) is 44.3 Å². The van der Waals surface area contributed by atoms with Gasteiger partial charge in [0.1, 0.15) is 34.4 Å². The lowest BCUT2D eigenvalue weighted by atomic mass is 9.90. The van der Waals surface area contributed by atoms with Gasteiger partial charge < -0.3 is 14.4 Å². The molecule has 2 bridgehead atoms. The first-order valence-electron chi connectivity index (χ1n) is 15.6. The molecule has 0 unspecified atom stereocenters. The van der Waals surface area contributed by atoms with Crippen molar-refractivity contribution >= 4 is 33.3 Å². The average Bonchev–Trinajstić information content (AvgIpc) is 3.64. The van der Waals surface area contributed by atoms with Gasteiger partial charge in [0.25, 0.3) is 0 Å². The van der Waals surface area contributed by atoms with Gasteiger partial charge in [-0.1, -0.05) is 24.3 Å². The number of aromatic nitrogens is 3. The molecular weight excluding hydrogens is 545 g/mol. The van der Waals surface area contributed by atoms with Crippen molar-refractivity contribution in [3.05, 3.63) is 54.2 Å². The van der Waals surface area contributed by atoms with Gasteiger partial charge in [-0.3, -0.25) is 14.7 Å². The molecule has 0 amide bonds. The summed E-state index contributed by atoms with van der Waals surface area (Å²) in [6.07, 6.45) is 8.85. The highest BCUT2D eigenvalue weighted by atomic mass is 19.1. The number of rotatable bonds is 7. The number of fused-ring (bicyclic) bond motifs is 5. The van der Waals surface area contributed by atoms with Crippen LogP contribution in [0, 0.1) is 17.7 Å². The molecule has 1 saturated carbocycles. The van der Waals surface area contributed by atoms with Crippen LogP contribution < -0.4 is 9.64 Å². The molecule has 1 aliphatic carbocycles. The quantitative estimate of drug-likeness (QED) is 0.263. The van der Waals surface area contributed by atoms with Crippen LogP contribution in [0.3, 0.4) is 0 Å². The Morgan fingerprint density at radius 3 is 2.56 bits per heavy atom. The van der Waals surface area contributed by atoms with Crippen LogP contribution in [-0.4, -0.2) is 71.3 Å². The molecule has 2 aromatic carbocycles. The lowest BCUT2D eigenvalue weighted by molar-refractivity contribution is -0.124. The molecule has 222 valence electrons. The van der Waals surface area contributed by atoms with Crippen molar-refractivity contribution in [1.29, 1.82) is 0 Å². The number of piperidine rings is 1. The third-order valence-corrected chi connectivity index (χ3v) is 10.3. The van der Waals surface area contributed by atoms with Gasteiger partial charge in [0.2, 0.25) is 0 Å². The molecule has 8 rings (SSSR count). The number of ether oxygens (including phenoxy) is 2. The van der Waals surface area contributed by atoms with E-state index in [9.17, 15) is 4.79 Å². The topological polar surface area (TPSA) is 80.7 Å². The van der Waals surface area contributed by atoms with E-state index in [4.69, 9.17) is 24.4 Å². The van der Waals surface area contributed by atoms with Gasteiger partial charge in [0.05, 0.1) is 5.39 Å². The Labute approximate surface area is 250 Å². The number of anilines is 1. The number of Topliss-reactive ketones (excluding diaryl/α,β-unsaturated/α-hetero) is 1. The monoisotopic (exact) mass is 581 g/mol. The van der Waals surface area contributed by atoms with Crippen molar-refractivity contribution in [3.8, 4) is 17.0 Å². The number of carbonyl (C=O) groups excluding carboxylic acids is 1. The molecule has 4 fully saturated rings. The number of nitrogens with zero attached hydrogens (tertiary/aromatic N) is 5. The van der Waals surface area contributed by atoms with E-state index in [-0.39, 0.29) is 29.9 Å². The van der Waals surface area contributed by atoms with E-state index in [2.05, 4.69) is 9.80 Å². The van der Waals surface area contributed by atoms with E-state index < -0.39 is 5.82 Å². The first-order chi connectivity index (χ1) is 21.0. The maximum Gasteiger partial charge on any atom is 0.188 e. The summed E-state index contributed by atoms with van der Waals surface area (Å²) in [5, 5.41) is 2.40. The van der Waals surface area contributed by atoms with Gasteiger partial charge in [0, 0.05) is 55.8 Å². The Morgan fingerprint density at radius 1 is 1.02 bits per heavy atom. The number of pyridine rings is 1. The highest BCUT2D eigenvalue weighted by Gasteiger charge is 2.45. The smallest absolute Gasteiger partial charge is 0.188 e. The van der Waals surface area contributed by atoms with Crippen LogP contribution in [0.4, 0.5) is 10.2 Å². The second-order valence-corrected chi connectivity index (χ2v) is 12.8. The molecule has 4 aliphatic rings. The minimum absolute atomic E-state index is 0.0178. The van der Waals surface area contributed by atoms with Crippen molar-refractivity contribution in [2.24, 2.45) is 11.8 Å². The summed E-state index contributed by atoms with van der Waals surface area (Å²) >= 11 is 0. The Bertz CT molecular complexity index is 1720. The molecule has 0 radical (unpaired) electrons. The molecule has 0 N–H and O–H groups in total. The minimum Gasteiger partial charge on any atom is -0.468 e. The summed E-state index contributed by atoms with van der Waals surface area (Å²) in [6.45, 7) is 3.53. The fourth-order valence-corrected chi connectivity index (χ4v) is 8.25. The molecule has 2 aromatic heterocycles. The van der Waals surface area contributed by atoms with Gasteiger partial charge >= 0.3 is 0 Å². The van der Waals surface area contributed by atoms with Gasteiger partial charge in [0.15, 0.2) is 12.6 Å². The van der Waals surface area contributed by atoms with Crippen molar-refractivity contribution in [1.82, 2.24) is 19.9 Å². The first-order valence-corrected chi connectivity index (χ1v) is 15.6. The van der Waals surface area contributed by atoms with Crippen molar-refractivity contribution < 1.29 is 18.7 Å². The third kappa shape index (κ3) is 4.47. The molecule has 8 nitrogen and oxygen atoms in total. The number of halogens is 1. The lowest BCUT2D eigenvalue weighted by Crippen LogP contribution is -2.43. The SMILES string of the molecule is COCOc1cc(-c2ncc3c(N4C[C@H]5CC[C@@H](C4)C5=O)nc(CC45CCCN4CCC5)nc3c2F)c2ccccc2c1. The Kier molecular flexibility index (Phi) is 6.56. The summed E-state index contributed by atoms with van der Waals surface area (Å²) in [4.78, 5) is 32.4. The Hall–Kier alpha value is -3.69. The fourth-order valence-electron chi connectivity index (χ4n) is 8.25.